The van der Waals surface area contributed by atoms with Crippen LogP contribution in [-0.2, 0) is 11.2 Å². The van der Waals surface area contributed by atoms with Crippen LogP contribution in [0.4, 0.5) is 0 Å². The van der Waals surface area contributed by atoms with Crippen LogP contribution in [0, 0.1) is 5.41 Å². The Morgan fingerprint density at radius 3 is 2.80 bits per heavy atom. The first-order chi connectivity index (χ1) is 9.39. The van der Waals surface area contributed by atoms with Crippen molar-refractivity contribution in [2.45, 2.75) is 30.9 Å². The number of fused-ring (bicyclic) bond motifs is 1. The predicted octanol–water partition coefficient (Wildman–Crippen LogP) is 3.97. The van der Waals surface area contributed by atoms with Gasteiger partial charge in [0.15, 0.2) is 5.78 Å². The second kappa shape index (κ2) is 5.74. The lowest BCUT2D eigenvalue weighted by atomic mass is 9.74. The topological polar surface area (TPSA) is 43.4 Å². The van der Waals surface area contributed by atoms with Crippen LogP contribution in [0.3, 0.4) is 0 Å². The Hall–Kier alpha value is -1.07. The maximum absolute atomic E-state index is 12.4. The molecule has 0 N–H and O–H groups in total. The van der Waals surface area contributed by atoms with Gasteiger partial charge >= 0.3 is 5.97 Å². The molecule has 1 aliphatic rings. The molecule has 1 aliphatic carbocycles. The maximum Gasteiger partial charge on any atom is 0.348 e. The van der Waals surface area contributed by atoms with Crippen molar-refractivity contribution in [2.24, 2.45) is 5.41 Å². The van der Waals surface area contributed by atoms with Gasteiger partial charge in [-0.3, -0.25) is 4.79 Å². The monoisotopic (exact) mass is 310 g/mol. The minimum absolute atomic E-state index is 0.103. The van der Waals surface area contributed by atoms with Crippen LogP contribution in [0.2, 0.25) is 0 Å². The van der Waals surface area contributed by atoms with Gasteiger partial charge in [-0.15, -0.1) is 23.1 Å². The molecule has 20 heavy (non-hydrogen) atoms. The SMILES string of the molecule is C=CCOC(=O)c1sc(SC)c2c1CC(C)(C)CC2=O. The van der Waals surface area contributed by atoms with Crippen LogP contribution in [-0.4, -0.2) is 24.6 Å². The van der Waals surface area contributed by atoms with Crippen molar-refractivity contribution < 1.29 is 14.3 Å². The van der Waals surface area contributed by atoms with Gasteiger partial charge in [0, 0.05) is 12.0 Å². The Morgan fingerprint density at radius 2 is 2.20 bits per heavy atom. The molecule has 0 aliphatic heterocycles. The zero-order chi connectivity index (χ0) is 14.9. The van der Waals surface area contributed by atoms with Gasteiger partial charge in [0.05, 0.1) is 4.21 Å². The van der Waals surface area contributed by atoms with Gasteiger partial charge < -0.3 is 4.74 Å². The van der Waals surface area contributed by atoms with Gasteiger partial charge in [0.1, 0.15) is 11.5 Å². The van der Waals surface area contributed by atoms with E-state index in [0.717, 1.165) is 21.8 Å². The fourth-order valence-corrected chi connectivity index (χ4v) is 4.45. The smallest absolute Gasteiger partial charge is 0.348 e. The van der Waals surface area contributed by atoms with Gasteiger partial charge in [-0.05, 0) is 23.7 Å². The van der Waals surface area contributed by atoms with Crippen LogP contribution >= 0.6 is 23.1 Å². The Balaban J connectivity index is 2.47. The summed E-state index contributed by atoms with van der Waals surface area (Å²) in [6, 6.07) is 0. The van der Waals surface area contributed by atoms with Gasteiger partial charge in [-0.25, -0.2) is 4.79 Å². The molecule has 108 valence electrons. The number of hydrogen-bond acceptors (Lipinski definition) is 5. The van der Waals surface area contributed by atoms with E-state index < -0.39 is 0 Å². The fraction of sp³-hybridized carbons (Fsp3) is 0.467. The van der Waals surface area contributed by atoms with Crippen LogP contribution < -0.4 is 0 Å². The highest BCUT2D eigenvalue weighted by molar-refractivity contribution is 8.00. The van der Waals surface area contributed by atoms with E-state index in [-0.39, 0.29) is 23.8 Å². The first-order valence-electron chi connectivity index (χ1n) is 6.40. The third-order valence-electron chi connectivity index (χ3n) is 3.25. The molecular formula is C15H18O3S2. The minimum Gasteiger partial charge on any atom is -0.457 e. The summed E-state index contributed by atoms with van der Waals surface area (Å²) in [5.41, 5.74) is 1.51. The lowest BCUT2D eigenvalue weighted by molar-refractivity contribution is 0.0553. The van der Waals surface area contributed by atoms with E-state index in [4.69, 9.17) is 4.74 Å². The summed E-state index contributed by atoms with van der Waals surface area (Å²) in [6.45, 7) is 7.85. The summed E-state index contributed by atoms with van der Waals surface area (Å²) in [7, 11) is 0. The Kier molecular flexibility index (Phi) is 4.39. The number of ether oxygens (including phenoxy) is 1. The van der Waals surface area contributed by atoms with E-state index >= 15 is 0 Å². The van der Waals surface area contributed by atoms with Crippen molar-refractivity contribution in [3.63, 3.8) is 0 Å². The van der Waals surface area contributed by atoms with Crippen molar-refractivity contribution in [3.8, 4) is 0 Å². The molecule has 0 saturated carbocycles. The van der Waals surface area contributed by atoms with E-state index in [1.165, 1.54) is 23.1 Å². The molecule has 0 amide bonds. The first-order valence-corrected chi connectivity index (χ1v) is 8.44. The second-order valence-corrected chi connectivity index (χ2v) is 7.70. The third-order valence-corrected chi connectivity index (χ3v) is 5.58. The van der Waals surface area contributed by atoms with Gasteiger partial charge in [-0.2, -0.15) is 0 Å². The van der Waals surface area contributed by atoms with Gasteiger partial charge in [0.2, 0.25) is 0 Å². The summed E-state index contributed by atoms with van der Waals surface area (Å²) < 4.78 is 6.06. The number of thioether (sulfide) groups is 1. The number of ketones is 1. The number of carbonyl (C=O) groups is 2. The summed E-state index contributed by atoms with van der Waals surface area (Å²) in [4.78, 5) is 25.1. The summed E-state index contributed by atoms with van der Waals surface area (Å²) >= 11 is 2.89. The van der Waals surface area contributed by atoms with Crippen LogP contribution in [0.1, 0.15) is 45.9 Å². The molecule has 1 heterocycles. The molecule has 0 unspecified atom stereocenters. The van der Waals surface area contributed by atoms with Crippen molar-refractivity contribution in [3.05, 3.63) is 28.7 Å². The molecule has 0 fully saturated rings. The highest BCUT2D eigenvalue weighted by Crippen LogP contribution is 2.44. The molecule has 0 spiro atoms. The first kappa shape index (κ1) is 15.3. The number of Topliss-reactive ketones (excluding diaryl/α,β-unsaturated/α-hetero) is 1. The molecule has 5 heteroatoms. The molecular weight excluding hydrogens is 292 g/mol. The zero-order valence-electron chi connectivity index (χ0n) is 11.9. The highest BCUT2D eigenvalue weighted by Gasteiger charge is 2.37. The minimum atomic E-state index is -0.350. The molecule has 1 aromatic heterocycles. The average molecular weight is 310 g/mol. The molecule has 0 atom stereocenters. The average Bonchev–Trinajstić information content (AvgIpc) is 2.73. The standard InChI is InChI=1S/C15H18O3S2/c1-5-6-18-13(17)12-9-7-15(2,3)8-10(16)11(9)14(19-4)20-12/h5H,1,6-8H2,2-4H3. The number of carbonyl (C=O) groups excluding carboxylic acids is 2. The zero-order valence-corrected chi connectivity index (χ0v) is 13.6. The summed E-state index contributed by atoms with van der Waals surface area (Å²) in [5.74, 6) is -0.212. The Morgan fingerprint density at radius 1 is 1.50 bits per heavy atom. The van der Waals surface area contributed by atoms with E-state index in [2.05, 4.69) is 20.4 Å². The third kappa shape index (κ3) is 2.83. The van der Waals surface area contributed by atoms with Gasteiger partial charge in [0.25, 0.3) is 0 Å². The molecule has 0 aromatic carbocycles. The largest absolute Gasteiger partial charge is 0.457 e. The summed E-state index contributed by atoms with van der Waals surface area (Å²) in [5, 5.41) is 0. The summed E-state index contributed by atoms with van der Waals surface area (Å²) in [6.07, 6.45) is 4.75. The van der Waals surface area contributed by atoms with Crippen molar-refractivity contribution in [2.75, 3.05) is 12.9 Å². The fourth-order valence-electron chi connectivity index (χ4n) is 2.47. The van der Waals surface area contributed by atoms with Crippen LogP contribution in [0.15, 0.2) is 16.9 Å². The van der Waals surface area contributed by atoms with E-state index in [9.17, 15) is 9.59 Å². The maximum atomic E-state index is 12.4. The Labute approximate surface area is 127 Å². The quantitative estimate of drug-likeness (QED) is 0.479. The molecule has 0 radical (unpaired) electrons. The predicted molar refractivity (Wildman–Crippen MR) is 83.0 cm³/mol. The molecule has 3 nitrogen and oxygen atoms in total. The molecule has 2 rings (SSSR count). The lowest BCUT2D eigenvalue weighted by Gasteiger charge is -2.29. The lowest BCUT2D eigenvalue weighted by Crippen LogP contribution is -2.27. The van der Waals surface area contributed by atoms with E-state index in [1.54, 1.807) is 6.08 Å². The number of thiophene rings is 1. The van der Waals surface area contributed by atoms with Crippen LogP contribution in [0.25, 0.3) is 0 Å². The Bertz CT molecular complexity index is 570. The second-order valence-electron chi connectivity index (χ2n) is 5.60. The van der Waals surface area contributed by atoms with Crippen molar-refractivity contribution in [1.29, 1.82) is 0 Å². The van der Waals surface area contributed by atoms with E-state index in [1.807, 2.05) is 6.26 Å². The highest BCUT2D eigenvalue weighted by atomic mass is 32.2. The van der Waals surface area contributed by atoms with Crippen molar-refractivity contribution in [1.82, 2.24) is 0 Å². The molecule has 0 saturated heterocycles. The normalized spacial score (nSPS) is 16.6. The van der Waals surface area contributed by atoms with Crippen molar-refractivity contribution >= 4 is 34.9 Å². The van der Waals surface area contributed by atoms with Crippen LogP contribution in [0.5, 0.6) is 0 Å². The number of hydrogen-bond donors (Lipinski definition) is 0. The molecule has 1 aromatic rings. The van der Waals surface area contributed by atoms with Gasteiger partial charge in [-0.1, -0.05) is 26.5 Å². The molecule has 0 bridgehead atoms. The van der Waals surface area contributed by atoms with E-state index in [0.29, 0.717) is 11.3 Å². The number of esters is 1. The number of rotatable bonds is 4.